The number of benzene rings is 2. The van der Waals surface area contributed by atoms with Crippen LogP contribution in [0.2, 0.25) is 5.02 Å². The maximum Gasteiger partial charge on any atom is 0.305 e. The van der Waals surface area contributed by atoms with Crippen molar-refractivity contribution >= 4 is 17.6 Å². The van der Waals surface area contributed by atoms with Crippen molar-refractivity contribution in [3.63, 3.8) is 0 Å². The van der Waals surface area contributed by atoms with Gasteiger partial charge in [0, 0.05) is 37.1 Å². The lowest BCUT2D eigenvalue weighted by Crippen LogP contribution is -2.47. The number of carbonyl (C=O) groups is 1. The lowest BCUT2D eigenvalue weighted by Gasteiger charge is -2.44. The van der Waals surface area contributed by atoms with Crippen LogP contribution in [0.1, 0.15) is 28.7 Å². The van der Waals surface area contributed by atoms with Gasteiger partial charge in [-0.25, -0.2) is 0 Å². The highest BCUT2D eigenvalue weighted by Crippen LogP contribution is 2.28. The molecule has 1 atom stereocenters. The SMILES string of the molecule is C=C1N(Cc2ccccc2C)CC(CC(=O)OC)CN1Cc1ccc(Cl)cc1C. The second-order valence-electron chi connectivity index (χ2n) is 7.82. The highest BCUT2D eigenvalue weighted by Gasteiger charge is 2.30. The van der Waals surface area contributed by atoms with E-state index in [2.05, 4.69) is 60.6 Å². The molecule has 3 rings (SSSR count). The summed E-state index contributed by atoms with van der Waals surface area (Å²) in [7, 11) is 1.45. The summed E-state index contributed by atoms with van der Waals surface area (Å²) in [5.74, 6) is 1.01. The van der Waals surface area contributed by atoms with E-state index in [4.69, 9.17) is 16.3 Å². The van der Waals surface area contributed by atoms with Gasteiger partial charge in [0.05, 0.1) is 19.4 Å². The van der Waals surface area contributed by atoms with Gasteiger partial charge in [-0.1, -0.05) is 48.5 Å². The number of halogens is 1. The Bertz CT molecular complexity index is 896. The Hall–Kier alpha value is -2.46. The molecule has 1 unspecified atom stereocenters. The standard InChI is InChI=1S/C24H29ClN2O2/c1-17-7-5-6-8-21(17)15-26-13-20(12-24(28)29-4)14-27(19(26)3)16-22-9-10-23(25)11-18(22)2/h5-11,20H,3,12-16H2,1-2,4H3. The number of carbonyl (C=O) groups excluding carboxylic acids is 1. The third kappa shape index (κ3) is 5.33. The summed E-state index contributed by atoms with van der Waals surface area (Å²) in [6, 6.07) is 14.4. The maximum absolute atomic E-state index is 11.9. The number of rotatable bonds is 6. The van der Waals surface area contributed by atoms with Gasteiger partial charge in [0.15, 0.2) is 0 Å². The van der Waals surface area contributed by atoms with Crippen LogP contribution in [-0.2, 0) is 22.6 Å². The molecule has 0 N–H and O–H groups in total. The molecule has 0 aliphatic carbocycles. The molecule has 0 aromatic heterocycles. The second-order valence-corrected chi connectivity index (χ2v) is 8.26. The topological polar surface area (TPSA) is 32.8 Å². The van der Waals surface area contributed by atoms with E-state index in [1.165, 1.54) is 23.8 Å². The van der Waals surface area contributed by atoms with Crippen molar-refractivity contribution in [3.05, 3.63) is 82.1 Å². The zero-order valence-corrected chi connectivity index (χ0v) is 18.2. The zero-order chi connectivity index (χ0) is 21.0. The molecule has 1 aliphatic heterocycles. The molecule has 2 aromatic carbocycles. The maximum atomic E-state index is 11.9. The minimum absolute atomic E-state index is 0.166. The van der Waals surface area contributed by atoms with E-state index in [-0.39, 0.29) is 11.9 Å². The second kappa shape index (κ2) is 9.36. The minimum Gasteiger partial charge on any atom is -0.469 e. The van der Waals surface area contributed by atoms with E-state index in [0.717, 1.165) is 42.6 Å². The lowest BCUT2D eigenvalue weighted by molar-refractivity contribution is -0.142. The number of aryl methyl sites for hydroxylation is 2. The van der Waals surface area contributed by atoms with Crippen molar-refractivity contribution < 1.29 is 9.53 Å². The van der Waals surface area contributed by atoms with Crippen LogP contribution in [-0.4, -0.2) is 36.0 Å². The van der Waals surface area contributed by atoms with Crippen LogP contribution in [0.5, 0.6) is 0 Å². The zero-order valence-electron chi connectivity index (χ0n) is 17.5. The van der Waals surface area contributed by atoms with E-state index in [0.29, 0.717) is 6.42 Å². The molecule has 1 aliphatic rings. The number of hydrogen-bond acceptors (Lipinski definition) is 4. The van der Waals surface area contributed by atoms with Gasteiger partial charge in [0.25, 0.3) is 0 Å². The smallest absolute Gasteiger partial charge is 0.305 e. The Morgan fingerprint density at radius 3 is 2.28 bits per heavy atom. The minimum atomic E-state index is -0.166. The van der Waals surface area contributed by atoms with Crippen molar-refractivity contribution in [3.8, 4) is 0 Å². The van der Waals surface area contributed by atoms with Crippen LogP contribution in [0.15, 0.2) is 54.9 Å². The van der Waals surface area contributed by atoms with Crippen molar-refractivity contribution in [2.75, 3.05) is 20.2 Å². The molecular weight excluding hydrogens is 384 g/mol. The van der Waals surface area contributed by atoms with Gasteiger partial charge < -0.3 is 14.5 Å². The van der Waals surface area contributed by atoms with Gasteiger partial charge in [-0.15, -0.1) is 0 Å². The first-order valence-electron chi connectivity index (χ1n) is 9.92. The molecule has 0 amide bonds. The van der Waals surface area contributed by atoms with Crippen molar-refractivity contribution in [1.82, 2.24) is 9.80 Å². The summed E-state index contributed by atoms with van der Waals surface area (Å²) < 4.78 is 4.93. The average Bonchev–Trinajstić information content (AvgIpc) is 2.69. The van der Waals surface area contributed by atoms with Crippen molar-refractivity contribution in [2.45, 2.75) is 33.4 Å². The third-order valence-electron chi connectivity index (χ3n) is 5.66. The average molecular weight is 413 g/mol. The highest BCUT2D eigenvalue weighted by molar-refractivity contribution is 6.30. The first-order chi connectivity index (χ1) is 13.9. The molecule has 29 heavy (non-hydrogen) atoms. The number of nitrogens with zero attached hydrogens (tertiary/aromatic N) is 2. The van der Waals surface area contributed by atoms with E-state index < -0.39 is 0 Å². The summed E-state index contributed by atoms with van der Waals surface area (Å²) >= 11 is 6.12. The van der Waals surface area contributed by atoms with Crippen LogP contribution < -0.4 is 0 Å². The van der Waals surface area contributed by atoms with E-state index in [9.17, 15) is 4.79 Å². The molecule has 0 spiro atoms. The molecule has 1 fully saturated rings. The molecule has 154 valence electrons. The Morgan fingerprint density at radius 2 is 1.69 bits per heavy atom. The van der Waals surface area contributed by atoms with Crippen molar-refractivity contribution in [1.29, 1.82) is 0 Å². The highest BCUT2D eigenvalue weighted by atomic mass is 35.5. The van der Waals surface area contributed by atoms with Gasteiger partial charge in [0.1, 0.15) is 0 Å². The Balaban J connectivity index is 1.82. The summed E-state index contributed by atoms with van der Waals surface area (Å²) in [5.41, 5.74) is 4.90. The number of ether oxygens (including phenoxy) is 1. The molecule has 4 nitrogen and oxygen atoms in total. The van der Waals surface area contributed by atoms with Crippen LogP contribution in [0.3, 0.4) is 0 Å². The summed E-state index contributed by atoms with van der Waals surface area (Å²) in [6.07, 6.45) is 0.407. The van der Waals surface area contributed by atoms with E-state index in [1.54, 1.807) is 0 Å². The predicted molar refractivity (Wildman–Crippen MR) is 117 cm³/mol. The van der Waals surface area contributed by atoms with Crippen LogP contribution in [0, 0.1) is 19.8 Å². The van der Waals surface area contributed by atoms with E-state index >= 15 is 0 Å². The number of hydrogen-bond donors (Lipinski definition) is 0. The van der Waals surface area contributed by atoms with Gasteiger partial charge >= 0.3 is 5.97 Å². The first kappa shape index (κ1) is 21.3. The molecule has 1 saturated heterocycles. The first-order valence-corrected chi connectivity index (χ1v) is 10.3. The summed E-state index contributed by atoms with van der Waals surface area (Å²) in [6.45, 7) is 11.7. The monoisotopic (exact) mass is 412 g/mol. The normalized spacial score (nSPS) is 16.8. The van der Waals surface area contributed by atoms with Crippen LogP contribution in [0.4, 0.5) is 0 Å². The largest absolute Gasteiger partial charge is 0.469 e. The Kier molecular flexibility index (Phi) is 6.86. The number of esters is 1. The molecule has 5 heteroatoms. The molecular formula is C24H29ClN2O2. The molecule has 1 heterocycles. The van der Waals surface area contributed by atoms with Gasteiger partial charge in [-0.05, 0) is 48.2 Å². The molecule has 0 bridgehead atoms. The van der Waals surface area contributed by atoms with Gasteiger partial charge in [0.2, 0.25) is 0 Å². The fraction of sp³-hybridized carbons (Fsp3) is 0.375. The molecule has 0 saturated carbocycles. The predicted octanol–water partition coefficient (Wildman–Crippen LogP) is 4.93. The Labute approximate surface area is 178 Å². The van der Waals surface area contributed by atoms with Crippen molar-refractivity contribution in [2.24, 2.45) is 5.92 Å². The summed E-state index contributed by atoms with van der Waals surface area (Å²) in [4.78, 5) is 16.5. The van der Waals surface area contributed by atoms with Crippen LogP contribution >= 0.6 is 11.6 Å². The summed E-state index contributed by atoms with van der Waals surface area (Å²) in [5, 5.41) is 0.744. The number of methoxy groups -OCH3 is 1. The van der Waals surface area contributed by atoms with E-state index in [1.807, 2.05) is 12.1 Å². The van der Waals surface area contributed by atoms with Gasteiger partial charge in [-0.2, -0.15) is 0 Å². The Morgan fingerprint density at radius 1 is 1.07 bits per heavy atom. The lowest BCUT2D eigenvalue weighted by atomic mass is 9.99. The van der Waals surface area contributed by atoms with Crippen LogP contribution in [0.25, 0.3) is 0 Å². The fourth-order valence-corrected chi connectivity index (χ4v) is 4.11. The molecule has 2 aromatic rings. The van der Waals surface area contributed by atoms with Gasteiger partial charge in [-0.3, -0.25) is 4.79 Å². The quantitative estimate of drug-likeness (QED) is 0.630. The fourth-order valence-electron chi connectivity index (χ4n) is 3.89. The third-order valence-corrected chi connectivity index (χ3v) is 5.89. The molecule has 0 radical (unpaired) electrons.